The fourth-order valence-electron chi connectivity index (χ4n) is 2.42. The van der Waals surface area contributed by atoms with Gasteiger partial charge in [-0.15, -0.1) is 12.4 Å². The van der Waals surface area contributed by atoms with Crippen LogP contribution in [-0.4, -0.2) is 37.1 Å². The molecule has 136 valence electrons. The van der Waals surface area contributed by atoms with Crippen LogP contribution in [0, 0.1) is 5.92 Å². The average Bonchev–Trinajstić information content (AvgIpc) is 2.78. The van der Waals surface area contributed by atoms with E-state index < -0.39 is 44.2 Å². The van der Waals surface area contributed by atoms with Gasteiger partial charge in [-0.1, -0.05) is 6.07 Å². The molecule has 3 atom stereocenters. The van der Waals surface area contributed by atoms with Crippen molar-refractivity contribution in [2.75, 3.05) is 5.32 Å². The van der Waals surface area contributed by atoms with Crippen LogP contribution in [0.25, 0.3) is 0 Å². The molecule has 2 rings (SSSR count). The molecule has 1 amide bonds. The first-order valence-electron chi connectivity index (χ1n) is 6.70. The van der Waals surface area contributed by atoms with Gasteiger partial charge in [0.2, 0.25) is 5.91 Å². The van der Waals surface area contributed by atoms with Crippen molar-refractivity contribution in [3.63, 3.8) is 0 Å². The van der Waals surface area contributed by atoms with Crippen LogP contribution in [0.15, 0.2) is 29.2 Å². The van der Waals surface area contributed by atoms with Crippen LogP contribution in [0.3, 0.4) is 0 Å². The number of carbonyl (C=O) groups is 1. The van der Waals surface area contributed by atoms with Crippen molar-refractivity contribution >= 4 is 33.8 Å². The lowest BCUT2D eigenvalue weighted by Crippen LogP contribution is -2.40. The number of hydrogen-bond donors (Lipinski definition) is 3. The van der Waals surface area contributed by atoms with Crippen LogP contribution in [0.2, 0.25) is 0 Å². The molecule has 0 aromatic heterocycles. The van der Waals surface area contributed by atoms with E-state index in [9.17, 15) is 31.5 Å². The number of rotatable bonds is 3. The molecule has 1 fully saturated rings. The number of sulfone groups is 1. The minimum Gasteiger partial charge on any atom is -0.391 e. The van der Waals surface area contributed by atoms with Gasteiger partial charge in [0.1, 0.15) is 0 Å². The van der Waals surface area contributed by atoms with Crippen LogP contribution >= 0.6 is 12.4 Å². The summed E-state index contributed by atoms with van der Waals surface area (Å²) in [6.07, 6.45) is -0.126. The third kappa shape index (κ3) is 4.00. The van der Waals surface area contributed by atoms with Crippen molar-refractivity contribution in [2.24, 2.45) is 11.7 Å². The van der Waals surface area contributed by atoms with Crippen LogP contribution in [0.1, 0.15) is 12.8 Å². The van der Waals surface area contributed by atoms with Crippen molar-refractivity contribution < 1.29 is 31.5 Å². The highest BCUT2D eigenvalue weighted by Gasteiger charge is 2.47. The van der Waals surface area contributed by atoms with Crippen LogP contribution in [0.4, 0.5) is 18.9 Å². The molecule has 0 saturated heterocycles. The van der Waals surface area contributed by atoms with Crippen LogP contribution in [-0.2, 0) is 14.6 Å². The molecule has 0 aliphatic heterocycles. The van der Waals surface area contributed by atoms with Gasteiger partial charge in [-0.2, -0.15) is 13.2 Å². The zero-order chi connectivity index (χ0) is 17.4. The molecule has 0 heterocycles. The molecular formula is C13H16ClF3N2O4S. The molecule has 6 nitrogen and oxygen atoms in total. The maximum absolute atomic E-state index is 12.5. The van der Waals surface area contributed by atoms with Gasteiger partial charge in [0.15, 0.2) is 0 Å². The SMILES string of the molecule is Cl.NC1C(O)CCC1C(=O)Nc1cccc(S(=O)(=O)C(F)(F)F)c1. The van der Waals surface area contributed by atoms with E-state index in [4.69, 9.17) is 5.73 Å². The van der Waals surface area contributed by atoms with Crippen molar-refractivity contribution in [3.8, 4) is 0 Å². The Hall–Kier alpha value is -1.36. The summed E-state index contributed by atoms with van der Waals surface area (Å²) in [6.45, 7) is 0. The second kappa shape index (κ2) is 7.26. The van der Waals surface area contributed by atoms with Gasteiger partial charge in [0, 0.05) is 11.7 Å². The molecule has 24 heavy (non-hydrogen) atoms. The van der Waals surface area contributed by atoms with E-state index in [1.54, 1.807) is 0 Å². The topological polar surface area (TPSA) is 109 Å². The number of alkyl halides is 3. The average molecular weight is 389 g/mol. The van der Waals surface area contributed by atoms with E-state index in [1.165, 1.54) is 6.07 Å². The fourth-order valence-corrected chi connectivity index (χ4v) is 3.23. The normalized spacial score (nSPS) is 24.3. The van der Waals surface area contributed by atoms with Crippen molar-refractivity contribution in [2.45, 2.75) is 35.4 Å². The summed E-state index contributed by atoms with van der Waals surface area (Å²) in [5, 5.41) is 11.9. The lowest BCUT2D eigenvalue weighted by Gasteiger charge is -2.17. The van der Waals surface area contributed by atoms with Gasteiger partial charge in [-0.05, 0) is 31.0 Å². The third-order valence-corrected chi connectivity index (χ3v) is 5.22. The summed E-state index contributed by atoms with van der Waals surface area (Å²) in [5.74, 6) is -1.26. The first-order valence-corrected chi connectivity index (χ1v) is 8.18. The molecule has 1 aliphatic rings. The largest absolute Gasteiger partial charge is 0.501 e. The van der Waals surface area contributed by atoms with Gasteiger partial charge < -0.3 is 16.2 Å². The first-order chi connectivity index (χ1) is 10.5. The fraction of sp³-hybridized carbons (Fsp3) is 0.462. The molecule has 3 unspecified atom stereocenters. The smallest absolute Gasteiger partial charge is 0.391 e. The first kappa shape index (κ1) is 20.7. The van der Waals surface area contributed by atoms with Gasteiger partial charge in [-0.25, -0.2) is 8.42 Å². The van der Waals surface area contributed by atoms with Gasteiger partial charge in [-0.3, -0.25) is 4.79 Å². The maximum atomic E-state index is 12.5. The Morgan fingerprint density at radius 1 is 1.29 bits per heavy atom. The number of benzene rings is 1. The molecule has 0 radical (unpaired) electrons. The number of aliphatic hydroxyl groups is 1. The quantitative estimate of drug-likeness (QED) is 0.725. The summed E-state index contributed by atoms with van der Waals surface area (Å²) >= 11 is 0. The Kier molecular flexibility index (Phi) is 6.26. The van der Waals surface area contributed by atoms with E-state index in [-0.39, 0.29) is 18.1 Å². The highest BCUT2D eigenvalue weighted by atomic mass is 35.5. The number of nitrogens with one attached hydrogen (secondary N) is 1. The summed E-state index contributed by atoms with van der Waals surface area (Å²) in [7, 11) is -5.49. The number of anilines is 1. The number of nitrogens with two attached hydrogens (primary N) is 1. The Labute approximate surface area is 142 Å². The number of carbonyl (C=O) groups excluding carboxylic acids is 1. The van der Waals surface area contributed by atoms with Gasteiger partial charge in [0.25, 0.3) is 9.84 Å². The Bertz CT molecular complexity index is 711. The number of aliphatic hydroxyl groups excluding tert-OH is 1. The Morgan fingerprint density at radius 3 is 2.42 bits per heavy atom. The van der Waals surface area contributed by atoms with Crippen molar-refractivity contribution in [1.29, 1.82) is 0 Å². The molecular weight excluding hydrogens is 373 g/mol. The number of halogens is 4. The highest BCUT2D eigenvalue weighted by Crippen LogP contribution is 2.32. The second-order valence-corrected chi connectivity index (χ2v) is 7.24. The molecule has 0 spiro atoms. The van der Waals surface area contributed by atoms with Crippen molar-refractivity contribution in [1.82, 2.24) is 0 Å². The standard InChI is InChI=1S/C13H15F3N2O4S.ClH/c14-13(15,16)23(21,22)8-3-1-2-7(6-8)18-12(20)9-4-5-10(19)11(9)17;/h1-3,6,9-11,19H,4-5,17H2,(H,18,20);1H. The molecule has 1 saturated carbocycles. The van der Waals surface area contributed by atoms with Crippen molar-refractivity contribution in [3.05, 3.63) is 24.3 Å². The molecule has 1 aliphatic carbocycles. The van der Waals surface area contributed by atoms with E-state index in [2.05, 4.69) is 5.32 Å². The Balaban J connectivity index is 0.00000288. The number of amides is 1. The van der Waals surface area contributed by atoms with Crippen LogP contribution < -0.4 is 11.1 Å². The summed E-state index contributed by atoms with van der Waals surface area (Å²) < 4.78 is 60.3. The highest BCUT2D eigenvalue weighted by molar-refractivity contribution is 7.92. The van der Waals surface area contributed by atoms with E-state index in [1.807, 2.05) is 0 Å². The van der Waals surface area contributed by atoms with E-state index >= 15 is 0 Å². The minimum absolute atomic E-state index is 0. The zero-order valence-electron chi connectivity index (χ0n) is 12.2. The molecule has 1 aromatic carbocycles. The predicted octanol–water partition coefficient (Wildman–Crippen LogP) is 1.44. The molecule has 1 aromatic rings. The molecule has 4 N–H and O–H groups in total. The monoisotopic (exact) mass is 388 g/mol. The van der Waals surface area contributed by atoms with E-state index in [0.29, 0.717) is 12.8 Å². The summed E-state index contributed by atoms with van der Waals surface area (Å²) in [6, 6.07) is 3.13. The minimum atomic E-state index is -5.49. The van der Waals surface area contributed by atoms with E-state index in [0.717, 1.165) is 18.2 Å². The summed E-state index contributed by atoms with van der Waals surface area (Å²) in [4.78, 5) is 11.1. The van der Waals surface area contributed by atoms with Gasteiger partial charge in [0.05, 0.1) is 16.9 Å². The lowest BCUT2D eigenvalue weighted by molar-refractivity contribution is -0.120. The predicted molar refractivity (Wildman–Crippen MR) is 82.3 cm³/mol. The second-order valence-electron chi connectivity index (χ2n) is 5.29. The molecule has 0 bridgehead atoms. The lowest BCUT2D eigenvalue weighted by atomic mass is 10.0. The molecule has 11 heteroatoms. The number of hydrogen-bond acceptors (Lipinski definition) is 5. The summed E-state index contributed by atoms with van der Waals surface area (Å²) in [5.41, 5.74) is 0.166. The van der Waals surface area contributed by atoms with Crippen LogP contribution in [0.5, 0.6) is 0 Å². The van der Waals surface area contributed by atoms with Gasteiger partial charge >= 0.3 is 5.51 Å². The third-order valence-electron chi connectivity index (χ3n) is 3.74. The maximum Gasteiger partial charge on any atom is 0.501 e. The Morgan fingerprint density at radius 2 is 1.92 bits per heavy atom. The zero-order valence-corrected chi connectivity index (χ0v) is 13.8.